The van der Waals surface area contributed by atoms with Gasteiger partial charge in [0.25, 0.3) is 0 Å². The van der Waals surface area contributed by atoms with Gasteiger partial charge in [-0.05, 0) is 55.7 Å². The third-order valence-corrected chi connectivity index (χ3v) is 8.09. The highest BCUT2D eigenvalue weighted by molar-refractivity contribution is 5.86. The third kappa shape index (κ3) is 7.05. The Labute approximate surface area is 230 Å². The summed E-state index contributed by atoms with van der Waals surface area (Å²) in [6, 6.07) is 11.7. The fraction of sp³-hybridized carbons (Fsp3) is 0.586. The van der Waals surface area contributed by atoms with Crippen LogP contribution in [0, 0.1) is 5.92 Å². The van der Waals surface area contributed by atoms with E-state index in [1.807, 2.05) is 46.2 Å². The van der Waals surface area contributed by atoms with Crippen LogP contribution >= 0.6 is 0 Å². The molecule has 0 bridgehead atoms. The summed E-state index contributed by atoms with van der Waals surface area (Å²) in [4.78, 5) is 34.8. The number of hydrogen-bond acceptors (Lipinski definition) is 8. The average molecular weight is 537 g/mol. The molecule has 5 rings (SSSR count). The van der Waals surface area contributed by atoms with Crippen molar-refractivity contribution in [2.75, 3.05) is 84.1 Å². The van der Waals surface area contributed by atoms with Crippen molar-refractivity contribution in [2.24, 2.45) is 5.92 Å². The molecule has 2 aliphatic heterocycles. The van der Waals surface area contributed by atoms with Crippen molar-refractivity contribution in [3.63, 3.8) is 0 Å². The van der Waals surface area contributed by atoms with Gasteiger partial charge in [-0.2, -0.15) is 0 Å². The van der Waals surface area contributed by atoms with Crippen molar-refractivity contribution < 1.29 is 19.1 Å². The number of carbonyl (C=O) groups excluding carboxylic acids is 2. The molecule has 3 fully saturated rings. The minimum Gasteiger partial charge on any atom is -0.497 e. The van der Waals surface area contributed by atoms with Crippen LogP contribution in [0.15, 0.2) is 36.4 Å². The summed E-state index contributed by atoms with van der Waals surface area (Å²) in [6.07, 6.45) is 3.83. The molecule has 0 radical (unpaired) electrons. The van der Waals surface area contributed by atoms with E-state index in [4.69, 9.17) is 9.47 Å². The highest BCUT2D eigenvalue weighted by Gasteiger charge is 2.32. The maximum absolute atomic E-state index is 13.4. The van der Waals surface area contributed by atoms with Gasteiger partial charge in [0.05, 0.1) is 32.6 Å². The van der Waals surface area contributed by atoms with E-state index < -0.39 is 0 Å². The Kier molecular flexibility index (Phi) is 9.26. The van der Waals surface area contributed by atoms with Gasteiger partial charge in [0.1, 0.15) is 5.75 Å². The van der Waals surface area contributed by atoms with Gasteiger partial charge in [-0.3, -0.25) is 14.5 Å². The van der Waals surface area contributed by atoms with Gasteiger partial charge < -0.3 is 24.2 Å². The van der Waals surface area contributed by atoms with Crippen LogP contribution in [-0.4, -0.2) is 116 Å². The first-order chi connectivity index (χ1) is 19.1. The topological polar surface area (TPSA) is 91.3 Å². The van der Waals surface area contributed by atoms with Gasteiger partial charge in [-0.1, -0.05) is 6.42 Å². The molecule has 1 aliphatic carbocycles. The van der Waals surface area contributed by atoms with Crippen LogP contribution in [-0.2, 0) is 14.3 Å². The Morgan fingerprint density at radius 3 is 2.41 bits per heavy atom. The number of amides is 2. The second-order valence-electron chi connectivity index (χ2n) is 10.6. The minimum absolute atomic E-state index is 0.0347. The van der Waals surface area contributed by atoms with E-state index in [1.165, 1.54) is 0 Å². The zero-order chi connectivity index (χ0) is 27.0. The molecule has 3 aliphatic rings. The predicted octanol–water partition coefficient (Wildman–Crippen LogP) is 2.15. The Morgan fingerprint density at radius 2 is 1.74 bits per heavy atom. The van der Waals surface area contributed by atoms with Crippen molar-refractivity contribution >= 4 is 17.6 Å². The van der Waals surface area contributed by atoms with E-state index in [2.05, 4.69) is 20.0 Å². The summed E-state index contributed by atoms with van der Waals surface area (Å²) < 4.78 is 10.7. The standard InChI is InChI=1S/C29H40N6O4/c1-38-25-8-6-23(7-9-25)26-10-11-27(31-30-26)33-12-3-13-34(17-16-33)28(36)22-35(29(37)24-4-2-5-24)15-14-32-18-20-39-21-19-32/h6-11,24H,2-5,12-22H2,1H3. The number of rotatable bonds is 9. The van der Waals surface area contributed by atoms with Crippen LogP contribution in [0.25, 0.3) is 11.3 Å². The predicted molar refractivity (Wildman–Crippen MR) is 149 cm³/mol. The number of benzene rings is 1. The summed E-state index contributed by atoms with van der Waals surface area (Å²) in [5.74, 6) is 1.88. The molecule has 10 heteroatoms. The maximum atomic E-state index is 13.4. The Hall–Kier alpha value is -3.24. The lowest BCUT2D eigenvalue weighted by Gasteiger charge is -2.35. The smallest absolute Gasteiger partial charge is 0.242 e. The minimum atomic E-state index is 0.0347. The van der Waals surface area contributed by atoms with Gasteiger partial charge in [-0.15, -0.1) is 10.2 Å². The quantitative estimate of drug-likeness (QED) is 0.482. The first kappa shape index (κ1) is 27.3. The average Bonchev–Trinajstić information content (AvgIpc) is 3.21. The summed E-state index contributed by atoms with van der Waals surface area (Å²) in [7, 11) is 1.65. The second-order valence-corrected chi connectivity index (χ2v) is 10.6. The van der Waals surface area contributed by atoms with Gasteiger partial charge in [0, 0.05) is 63.8 Å². The molecule has 0 N–H and O–H groups in total. The molecule has 3 heterocycles. The number of morpholine rings is 1. The molecule has 2 saturated heterocycles. The molecule has 2 amide bonds. The van der Waals surface area contributed by atoms with Crippen LogP contribution in [0.1, 0.15) is 25.7 Å². The molecule has 1 saturated carbocycles. The molecule has 1 aromatic heterocycles. The van der Waals surface area contributed by atoms with Crippen molar-refractivity contribution in [3.8, 4) is 17.0 Å². The molecule has 0 unspecified atom stereocenters. The van der Waals surface area contributed by atoms with Crippen molar-refractivity contribution in [2.45, 2.75) is 25.7 Å². The molecule has 1 aromatic carbocycles. The van der Waals surface area contributed by atoms with Crippen molar-refractivity contribution in [1.29, 1.82) is 0 Å². The number of carbonyl (C=O) groups is 2. The van der Waals surface area contributed by atoms with Crippen LogP contribution < -0.4 is 9.64 Å². The van der Waals surface area contributed by atoms with Crippen LogP contribution in [0.4, 0.5) is 5.82 Å². The first-order valence-electron chi connectivity index (χ1n) is 14.2. The first-order valence-corrected chi connectivity index (χ1v) is 14.2. The number of ether oxygens (including phenoxy) is 2. The van der Waals surface area contributed by atoms with E-state index in [0.29, 0.717) is 26.2 Å². The number of hydrogen-bond donors (Lipinski definition) is 0. The second kappa shape index (κ2) is 13.2. The lowest BCUT2D eigenvalue weighted by molar-refractivity contribution is -0.145. The summed E-state index contributed by atoms with van der Waals surface area (Å²) >= 11 is 0. The number of anilines is 1. The lowest BCUT2D eigenvalue weighted by Crippen LogP contribution is -2.50. The number of nitrogens with zero attached hydrogens (tertiary/aromatic N) is 6. The molecular weight excluding hydrogens is 496 g/mol. The van der Waals surface area contributed by atoms with E-state index in [-0.39, 0.29) is 24.3 Å². The normalized spacial score (nSPS) is 18.8. The Balaban J connectivity index is 1.16. The van der Waals surface area contributed by atoms with Gasteiger partial charge in [0.2, 0.25) is 11.8 Å². The molecule has 0 spiro atoms. The van der Waals surface area contributed by atoms with Gasteiger partial charge in [0.15, 0.2) is 5.82 Å². The molecule has 39 heavy (non-hydrogen) atoms. The van der Waals surface area contributed by atoms with Gasteiger partial charge >= 0.3 is 0 Å². The Bertz CT molecular complexity index is 1090. The van der Waals surface area contributed by atoms with Crippen molar-refractivity contribution in [1.82, 2.24) is 24.9 Å². The maximum Gasteiger partial charge on any atom is 0.242 e. The molecular formula is C29H40N6O4. The third-order valence-electron chi connectivity index (χ3n) is 8.09. The highest BCUT2D eigenvalue weighted by Crippen LogP contribution is 2.28. The molecule has 10 nitrogen and oxygen atoms in total. The fourth-order valence-electron chi connectivity index (χ4n) is 5.34. The van der Waals surface area contributed by atoms with Crippen LogP contribution in [0.5, 0.6) is 5.75 Å². The van der Waals surface area contributed by atoms with Crippen LogP contribution in [0.2, 0.25) is 0 Å². The monoisotopic (exact) mass is 536 g/mol. The largest absolute Gasteiger partial charge is 0.497 e. The SMILES string of the molecule is COc1ccc(-c2ccc(N3CCCN(C(=O)CN(CCN4CCOCC4)C(=O)C4CCC4)CC3)nn2)cc1. The van der Waals surface area contributed by atoms with Crippen LogP contribution in [0.3, 0.4) is 0 Å². The molecule has 0 atom stereocenters. The number of methoxy groups -OCH3 is 1. The molecule has 2 aromatic rings. The van der Waals surface area contributed by atoms with Crippen molar-refractivity contribution in [3.05, 3.63) is 36.4 Å². The van der Waals surface area contributed by atoms with Gasteiger partial charge in [-0.25, -0.2) is 0 Å². The summed E-state index contributed by atoms with van der Waals surface area (Å²) in [5.41, 5.74) is 1.79. The van der Waals surface area contributed by atoms with E-state index in [9.17, 15) is 9.59 Å². The zero-order valence-corrected chi connectivity index (χ0v) is 23.0. The zero-order valence-electron chi connectivity index (χ0n) is 23.0. The summed E-state index contributed by atoms with van der Waals surface area (Å²) in [5, 5.41) is 8.93. The fourth-order valence-corrected chi connectivity index (χ4v) is 5.34. The molecule has 210 valence electrons. The van der Waals surface area contributed by atoms with E-state index >= 15 is 0 Å². The summed E-state index contributed by atoms with van der Waals surface area (Å²) in [6.45, 7) is 7.55. The Morgan fingerprint density at radius 1 is 0.949 bits per heavy atom. The number of aromatic nitrogens is 2. The van der Waals surface area contributed by atoms with E-state index in [1.54, 1.807) is 7.11 Å². The highest BCUT2D eigenvalue weighted by atomic mass is 16.5. The lowest BCUT2D eigenvalue weighted by atomic mass is 9.84. The van der Waals surface area contributed by atoms with E-state index in [0.717, 1.165) is 87.9 Å².